The maximum Gasteiger partial charge on any atom is 0.256 e. The zero-order valence-corrected chi connectivity index (χ0v) is 15.0. The van der Waals surface area contributed by atoms with Gasteiger partial charge in [0.2, 0.25) is 0 Å². The summed E-state index contributed by atoms with van der Waals surface area (Å²) in [5.74, 6) is -0.876. The molecule has 0 radical (unpaired) electrons. The summed E-state index contributed by atoms with van der Waals surface area (Å²) in [5, 5.41) is 3.27. The van der Waals surface area contributed by atoms with Gasteiger partial charge in [-0.1, -0.05) is 30.3 Å². The Morgan fingerprint density at radius 2 is 1.93 bits per heavy atom. The lowest BCUT2D eigenvalue weighted by atomic mass is 10.1. The summed E-state index contributed by atoms with van der Waals surface area (Å²) in [6, 6.07) is 16.9. The van der Waals surface area contributed by atoms with Gasteiger partial charge in [-0.25, -0.2) is 4.98 Å². The monoisotopic (exact) mass is 376 g/mol. The minimum atomic E-state index is -0.566. The Bertz CT molecular complexity index is 1130. The Morgan fingerprint density at radius 3 is 2.70 bits per heavy atom. The molecule has 4 rings (SSSR count). The number of thiophene rings is 1. The van der Waals surface area contributed by atoms with Crippen LogP contribution in [0.4, 0.5) is 5.00 Å². The number of nitrogens with one attached hydrogen (secondary N) is 2. The normalized spacial score (nSPS) is 10.8. The average molecular weight is 376 g/mol. The standard InChI is InChI=1S/C20H16N4O2S/c21-18(25)15-10-14(8-12-4-2-1-3-5-12)27-20(15)24-19(26)13-6-7-16-17(9-13)23-11-22-16/h1-7,9-11H,8H2,(H2,21,25)(H,22,23)(H,24,26). The van der Waals surface area contributed by atoms with Gasteiger partial charge in [0.25, 0.3) is 11.8 Å². The number of imidazole rings is 1. The molecule has 2 amide bonds. The molecule has 0 saturated carbocycles. The molecule has 6 nitrogen and oxygen atoms in total. The fourth-order valence-corrected chi connectivity index (χ4v) is 3.94. The van der Waals surface area contributed by atoms with E-state index in [0.717, 1.165) is 16.0 Å². The molecule has 27 heavy (non-hydrogen) atoms. The van der Waals surface area contributed by atoms with Gasteiger partial charge in [0.05, 0.1) is 22.9 Å². The third-order valence-corrected chi connectivity index (χ3v) is 5.23. The molecule has 0 atom stereocenters. The first-order valence-electron chi connectivity index (χ1n) is 8.31. The predicted molar refractivity (Wildman–Crippen MR) is 106 cm³/mol. The second-order valence-electron chi connectivity index (χ2n) is 6.07. The highest BCUT2D eigenvalue weighted by Crippen LogP contribution is 2.30. The molecule has 0 saturated heterocycles. The maximum absolute atomic E-state index is 12.6. The number of nitrogens with two attached hydrogens (primary N) is 1. The van der Waals surface area contributed by atoms with Gasteiger partial charge in [0.1, 0.15) is 5.00 Å². The Labute approximate surface area is 159 Å². The van der Waals surface area contributed by atoms with Crippen molar-refractivity contribution in [1.82, 2.24) is 9.97 Å². The van der Waals surface area contributed by atoms with Crippen molar-refractivity contribution in [2.24, 2.45) is 5.73 Å². The number of nitrogens with zero attached hydrogens (tertiary/aromatic N) is 1. The van der Waals surface area contributed by atoms with Crippen molar-refractivity contribution in [3.63, 3.8) is 0 Å². The number of hydrogen-bond donors (Lipinski definition) is 3. The number of aromatic nitrogens is 2. The van der Waals surface area contributed by atoms with Crippen LogP contribution >= 0.6 is 11.3 Å². The van der Waals surface area contributed by atoms with Crippen LogP contribution in [0.15, 0.2) is 60.9 Å². The number of carbonyl (C=O) groups is 2. The SMILES string of the molecule is NC(=O)c1cc(Cc2ccccc2)sc1NC(=O)c1ccc2[nH]cnc2c1. The molecule has 4 aromatic rings. The molecule has 0 unspecified atom stereocenters. The first kappa shape index (κ1) is 17.0. The summed E-state index contributed by atoms with van der Waals surface area (Å²) < 4.78 is 0. The summed E-state index contributed by atoms with van der Waals surface area (Å²) >= 11 is 1.36. The number of fused-ring (bicyclic) bond motifs is 1. The van der Waals surface area contributed by atoms with E-state index in [2.05, 4.69) is 15.3 Å². The largest absolute Gasteiger partial charge is 0.366 e. The molecule has 2 heterocycles. The number of hydrogen-bond acceptors (Lipinski definition) is 4. The van der Waals surface area contributed by atoms with E-state index in [1.807, 2.05) is 30.3 Å². The molecule has 7 heteroatoms. The molecule has 0 spiro atoms. The van der Waals surface area contributed by atoms with Crippen LogP contribution in [0.5, 0.6) is 0 Å². The van der Waals surface area contributed by atoms with E-state index in [0.29, 0.717) is 28.1 Å². The Balaban J connectivity index is 1.60. The Hall–Kier alpha value is -3.45. The van der Waals surface area contributed by atoms with Crippen molar-refractivity contribution in [1.29, 1.82) is 0 Å². The van der Waals surface area contributed by atoms with E-state index in [-0.39, 0.29) is 5.91 Å². The van der Waals surface area contributed by atoms with Crippen LogP contribution in [-0.2, 0) is 6.42 Å². The summed E-state index contributed by atoms with van der Waals surface area (Å²) in [4.78, 5) is 32.5. The molecule has 2 aromatic carbocycles. The van der Waals surface area contributed by atoms with E-state index >= 15 is 0 Å². The second kappa shape index (κ2) is 7.05. The molecule has 134 valence electrons. The van der Waals surface area contributed by atoms with E-state index in [4.69, 9.17) is 5.73 Å². The quantitative estimate of drug-likeness (QED) is 0.496. The third-order valence-electron chi connectivity index (χ3n) is 4.18. The molecule has 0 fully saturated rings. The van der Waals surface area contributed by atoms with Crippen molar-refractivity contribution in [2.45, 2.75) is 6.42 Å². The van der Waals surface area contributed by atoms with Crippen molar-refractivity contribution in [2.75, 3.05) is 5.32 Å². The van der Waals surface area contributed by atoms with Crippen LogP contribution in [0, 0.1) is 0 Å². The predicted octanol–water partition coefficient (Wildman–Crippen LogP) is 3.57. The minimum absolute atomic E-state index is 0.310. The Kier molecular flexibility index (Phi) is 4.43. The van der Waals surface area contributed by atoms with Crippen LogP contribution in [-0.4, -0.2) is 21.8 Å². The van der Waals surface area contributed by atoms with Gasteiger partial charge in [0.15, 0.2) is 0 Å². The van der Waals surface area contributed by atoms with Gasteiger partial charge in [-0.05, 0) is 29.8 Å². The lowest BCUT2D eigenvalue weighted by molar-refractivity contribution is 0.100. The molecule has 0 bridgehead atoms. The lowest BCUT2D eigenvalue weighted by Gasteiger charge is -2.04. The topological polar surface area (TPSA) is 101 Å². The maximum atomic E-state index is 12.6. The molecule has 4 N–H and O–H groups in total. The van der Waals surface area contributed by atoms with Gasteiger partial charge in [0, 0.05) is 16.9 Å². The number of H-pyrrole nitrogens is 1. The van der Waals surface area contributed by atoms with E-state index < -0.39 is 5.91 Å². The summed E-state index contributed by atoms with van der Waals surface area (Å²) in [6.07, 6.45) is 2.24. The molecular formula is C20H16N4O2S. The number of primary amides is 1. The van der Waals surface area contributed by atoms with Crippen LogP contribution in [0.1, 0.15) is 31.2 Å². The molecule has 2 aromatic heterocycles. The molecule has 0 aliphatic carbocycles. The van der Waals surface area contributed by atoms with Gasteiger partial charge in [-0.2, -0.15) is 0 Å². The number of benzene rings is 2. The van der Waals surface area contributed by atoms with Crippen LogP contribution in [0.3, 0.4) is 0 Å². The number of carbonyl (C=O) groups excluding carboxylic acids is 2. The molecule has 0 aliphatic rings. The van der Waals surface area contributed by atoms with E-state index in [1.165, 1.54) is 11.3 Å². The highest BCUT2D eigenvalue weighted by Gasteiger charge is 2.17. The van der Waals surface area contributed by atoms with Gasteiger partial charge >= 0.3 is 0 Å². The highest BCUT2D eigenvalue weighted by molar-refractivity contribution is 7.16. The first-order chi connectivity index (χ1) is 13.1. The smallest absolute Gasteiger partial charge is 0.256 e. The molecular weight excluding hydrogens is 360 g/mol. The van der Waals surface area contributed by atoms with Gasteiger partial charge in [-0.3, -0.25) is 9.59 Å². The number of aromatic amines is 1. The summed E-state index contributed by atoms with van der Waals surface area (Å²) in [7, 11) is 0. The first-order valence-corrected chi connectivity index (χ1v) is 9.13. The van der Waals surface area contributed by atoms with Crippen molar-refractivity contribution >= 4 is 39.2 Å². The van der Waals surface area contributed by atoms with E-state index in [9.17, 15) is 9.59 Å². The second-order valence-corrected chi connectivity index (χ2v) is 7.21. The third kappa shape index (κ3) is 3.58. The zero-order valence-electron chi connectivity index (χ0n) is 14.2. The number of rotatable bonds is 5. The number of amides is 2. The van der Waals surface area contributed by atoms with Crippen LogP contribution < -0.4 is 11.1 Å². The zero-order chi connectivity index (χ0) is 18.8. The fourth-order valence-electron chi connectivity index (χ4n) is 2.85. The van der Waals surface area contributed by atoms with Crippen LogP contribution in [0.2, 0.25) is 0 Å². The molecule has 0 aliphatic heterocycles. The fraction of sp³-hybridized carbons (Fsp3) is 0.0500. The number of anilines is 1. The van der Waals surface area contributed by atoms with E-state index in [1.54, 1.807) is 30.6 Å². The summed E-state index contributed by atoms with van der Waals surface area (Å²) in [6.45, 7) is 0. The highest BCUT2D eigenvalue weighted by atomic mass is 32.1. The van der Waals surface area contributed by atoms with Crippen molar-refractivity contribution < 1.29 is 9.59 Å². The lowest BCUT2D eigenvalue weighted by Crippen LogP contribution is -2.16. The van der Waals surface area contributed by atoms with Gasteiger partial charge < -0.3 is 16.0 Å². The van der Waals surface area contributed by atoms with Crippen LogP contribution in [0.25, 0.3) is 11.0 Å². The minimum Gasteiger partial charge on any atom is -0.366 e. The van der Waals surface area contributed by atoms with Crippen molar-refractivity contribution in [3.8, 4) is 0 Å². The Morgan fingerprint density at radius 1 is 1.11 bits per heavy atom. The van der Waals surface area contributed by atoms with Crippen molar-refractivity contribution in [3.05, 3.63) is 82.5 Å². The summed E-state index contributed by atoms with van der Waals surface area (Å²) in [5.41, 5.74) is 8.96. The van der Waals surface area contributed by atoms with Gasteiger partial charge in [-0.15, -0.1) is 11.3 Å². The average Bonchev–Trinajstić information content (AvgIpc) is 3.28.